The van der Waals surface area contributed by atoms with Gasteiger partial charge in [0.1, 0.15) is 6.04 Å². The first-order chi connectivity index (χ1) is 6.99. The molecule has 0 aromatic rings. The molecule has 1 atom stereocenters. The molecule has 6 nitrogen and oxygen atoms in total. The Hall–Kier alpha value is -1.14. The van der Waals surface area contributed by atoms with E-state index in [1.165, 1.54) is 0 Å². The number of carboxylic acids is 2. The van der Waals surface area contributed by atoms with Crippen molar-refractivity contribution >= 4 is 11.9 Å². The molecular weight excluding hydrogens is 200 g/mol. The van der Waals surface area contributed by atoms with Gasteiger partial charge in [0.15, 0.2) is 0 Å². The predicted molar refractivity (Wildman–Crippen MR) is 54.1 cm³/mol. The van der Waals surface area contributed by atoms with Gasteiger partial charge in [-0.1, -0.05) is 19.8 Å². The summed E-state index contributed by atoms with van der Waals surface area (Å²) in [6.45, 7) is 2.42. The Morgan fingerprint density at radius 3 is 2.33 bits per heavy atom. The summed E-state index contributed by atoms with van der Waals surface area (Å²) in [4.78, 5) is 21.1. The number of nitrogens with zero attached hydrogens (tertiary/aromatic N) is 1. The lowest BCUT2D eigenvalue weighted by Gasteiger charge is -2.22. The van der Waals surface area contributed by atoms with E-state index in [9.17, 15) is 9.59 Å². The van der Waals surface area contributed by atoms with Crippen molar-refractivity contribution in [1.29, 1.82) is 0 Å². The zero-order valence-corrected chi connectivity index (χ0v) is 8.85. The van der Waals surface area contributed by atoms with Gasteiger partial charge in [-0.25, -0.2) is 5.01 Å². The van der Waals surface area contributed by atoms with Gasteiger partial charge in [-0.15, -0.1) is 0 Å². The second kappa shape index (κ2) is 7.19. The highest BCUT2D eigenvalue weighted by Crippen LogP contribution is 2.03. The molecule has 0 aliphatic rings. The summed E-state index contributed by atoms with van der Waals surface area (Å²) in [6, 6.07) is -1.14. The number of rotatable bonds is 8. The number of nitrogens with two attached hydrogens (primary N) is 1. The number of carbonyl (C=O) groups is 2. The molecule has 0 aliphatic heterocycles. The van der Waals surface area contributed by atoms with E-state index in [1.54, 1.807) is 0 Å². The molecule has 0 bridgehead atoms. The van der Waals surface area contributed by atoms with E-state index in [0.29, 0.717) is 6.54 Å². The van der Waals surface area contributed by atoms with Crippen molar-refractivity contribution in [3.63, 3.8) is 0 Å². The first-order valence-corrected chi connectivity index (χ1v) is 4.95. The minimum absolute atomic E-state index is 0.401. The quantitative estimate of drug-likeness (QED) is 0.307. The summed E-state index contributed by atoms with van der Waals surface area (Å²) in [5.41, 5.74) is 0. The van der Waals surface area contributed by atoms with Gasteiger partial charge in [0.25, 0.3) is 0 Å². The molecule has 0 rings (SSSR count). The molecule has 0 aromatic carbocycles. The number of hydrogen-bond donors (Lipinski definition) is 3. The van der Waals surface area contributed by atoms with Crippen LogP contribution in [0.2, 0.25) is 0 Å². The minimum atomic E-state index is -1.20. The summed E-state index contributed by atoms with van der Waals surface area (Å²) in [6.07, 6.45) is 2.26. The van der Waals surface area contributed by atoms with Crippen LogP contribution in [-0.2, 0) is 9.59 Å². The summed E-state index contributed by atoms with van der Waals surface area (Å²) < 4.78 is 0. The topological polar surface area (TPSA) is 104 Å². The van der Waals surface area contributed by atoms with E-state index < -0.39 is 24.4 Å². The maximum Gasteiger partial charge on any atom is 0.322 e. The Bertz CT molecular complexity index is 220. The van der Waals surface area contributed by atoms with Crippen LogP contribution in [0.4, 0.5) is 0 Å². The maximum absolute atomic E-state index is 10.7. The third kappa shape index (κ3) is 6.03. The Morgan fingerprint density at radius 1 is 1.33 bits per heavy atom. The lowest BCUT2D eigenvalue weighted by molar-refractivity contribution is -0.150. The van der Waals surface area contributed by atoms with Crippen molar-refractivity contribution in [1.82, 2.24) is 5.01 Å². The Balaban J connectivity index is 4.10. The molecule has 0 heterocycles. The Morgan fingerprint density at radius 2 is 1.93 bits per heavy atom. The van der Waals surface area contributed by atoms with Gasteiger partial charge in [-0.05, 0) is 6.42 Å². The number of hydrogen-bond acceptors (Lipinski definition) is 4. The maximum atomic E-state index is 10.7. The second-order valence-electron chi connectivity index (χ2n) is 3.40. The molecule has 0 aliphatic carbocycles. The number of carboxylic acid groups (broad SMARTS) is 2. The van der Waals surface area contributed by atoms with Gasteiger partial charge in [-0.2, -0.15) is 0 Å². The van der Waals surface area contributed by atoms with Gasteiger partial charge in [-0.3, -0.25) is 15.4 Å². The zero-order valence-electron chi connectivity index (χ0n) is 8.85. The van der Waals surface area contributed by atoms with Gasteiger partial charge in [0.05, 0.1) is 6.42 Å². The van der Waals surface area contributed by atoms with E-state index in [2.05, 4.69) is 0 Å². The molecule has 0 fully saturated rings. The van der Waals surface area contributed by atoms with E-state index in [1.807, 2.05) is 6.92 Å². The molecule has 0 saturated heterocycles. The normalized spacial score (nSPS) is 12.7. The molecule has 0 saturated carbocycles. The molecule has 1 unspecified atom stereocenters. The smallest absolute Gasteiger partial charge is 0.322 e. The first kappa shape index (κ1) is 13.9. The Kier molecular flexibility index (Phi) is 6.64. The highest BCUT2D eigenvalue weighted by atomic mass is 16.4. The summed E-state index contributed by atoms with van der Waals surface area (Å²) in [5.74, 6) is 3.14. The highest BCUT2D eigenvalue weighted by Gasteiger charge is 2.25. The number of hydrazine groups is 1. The van der Waals surface area contributed by atoms with Crippen LogP contribution < -0.4 is 5.84 Å². The second-order valence-corrected chi connectivity index (χ2v) is 3.40. The molecule has 0 aromatic heterocycles. The predicted octanol–water partition coefficient (Wildman–Crippen LogP) is 0.280. The molecule has 4 N–H and O–H groups in total. The van der Waals surface area contributed by atoms with Crippen LogP contribution in [0.25, 0.3) is 0 Å². The van der Waals surface area contributed by atoms with Gasteiger partial charge < -0.3 is 10.2 Å². The lowest BCUT2D eigenvalue weighted by Crippen LogP contribution is -2.47. The largest absolute Gasteiger partial charge is 0.481 e. The fourth-order valence-electron chi connectivity index (χ4n) is 1.21. The zero-order chi connectivity index (χ0) is 11.8. The van der Waals surface area contributed by atoms with Crippen LogP contribution in [0, 0.1) is 0 Å². The molecule has 0 spiro atoms. The van der Waals surface area contributed by atoms with Crippen molar-refractivity contribution in [3.05, 3.63) is 0 Å². The average Bonchev–Trinajstić information content (AvgIpc) is 2.13. The minimum Gasteiger partial charge on any atom is -0.481 e. The van der Waals surface area contributed by atoms with E-state index >= 15 is 0 Å². The molecule has 0 amide bonds. The molecule has 0 radical (unpaired) electrons. The van der Waals surface area contributed by atoms with Crippen LogP contribution in [-0.4, -0.2) is 39.7 Å². The van der Waals surface area contributed by atoms with Gasteiger partial charge >= 0.3 is 11.9 Å². The first-order valence-electron chi connectivity index (χ1n) is 4.95. The van der Waals surface area contributed by atoms with E-state index in [-0.39, 0.29) is 0 Å². The summed E-state index contributed by atoms with van der Waals surface area (Å²) >= 11 is 0. The van der Waals surface area contributed by atoms with Crippen LogP contribution in [0.1, 0.15) is 32.6 Å². The van der Waals surface area contributed by atoms with Gasteiger partial charge in [0, 0.05) is 6.54 Å². The van der Waals surface area contributed by atoms with E-state index in [0.717, 1.165) is 24.3 Å². The fourth-order valence-corrected chi connectivity index (χ4v) is 1.21. The summed E-state index contributed by atoms with van der Waals surface area (Å²) in [5, 5.41) is 18.4. The molecule has 6 heteroatoms. The van der Waals surface area contributed by atoms with E-state index in [4.69, 9.17) is 16.1 Å². The Labute approximate surface area is 88.6 Å². The van der Waals surface area contributed by atoms with Crippen LogP contribution in [0.3, 0.4) is 0 Å². The monoisotopic (exact) mass is 218 g/mol. The van der Waals surface area contributed by atoms with Crippen LogP contribution >= 0.6 is 0 Å². The average molecular weight is 218 g/mol. The van der Waals surface area contributed by atoms with Crippen molar-refractivity contribution in [2.45, 2.75) is 38.6 Å². The van der Waals surface area contributed by atoms with Crippen LogP contribution in [0.5, 0.6) is 0 Å². The lowest BCUT2D eigenvalue weighted by atomic mass is 10.2. The summed E-state index contributed by atoms with van der Waals surface area (Å²) in [7, 11) is 0. The third-order valence-electron chi connectivity index (χ3n) is 2.07. The molecular formula is C9H18N2O4. The molecule has 88 valence electrons. The SMILES string of the molecule is CCCCCN(N)C(CC(=O)O)C(=O)O. The standard InChI is InChI=1S/C9H18N2O4/c1-2-3-4-5-11(10)7(9(14)15)6-8(12)13/h7H,2-6,10H2,1H3,(H,12,13)(H,14,15). The number of aliphatic carboxylic acids is 2. The third-order valence-corrected chi connectivity index (χ3v) is 2.07. The fraction of sp³-hybridized carbons (Fsp3) is 0.778. The van der Waals surface area contributed by atoms with Crippen LogP contribution in [0.15, 0.2) is 0 Å². The van der Waals surface area contributed by atoms with Crippen molar-refractivity contribution in [2.75, 3.05) is 6.54 Å². The van der Waals surface area contributed by atoms with Gasteiger partial charge in [0.2, 0.25) is 0 Å². The van der Waals surface area contributed by atoms with Crippen molar-refractivity contribution in [2.24, 2.45) is 5.84 Å². The highest BCUT2D eigenvalue weighted by molar-refractivity contribution is 5.80. The van der Waals surface area contributed by atoms with Crippen molar-refractivity contribution in [3.8, 4) is 0 Å². The molecule has 15 heavy (non-hydrogen) atoms. The number of unbranched alkanes of at least 4 members (excludes halogenated alkanes) is 2. The van der Waals surface area contributed by atoms with Crippen molar-refractivity contribution < 1.29 is 19.8 Å².